The lowest BCUT2D eigenvalue weighted by Gasteiger charge is -2.64. The number of rotatable bonds is 0. The molecule has 4 aliphatic carbocycles. The average Bonchev–Trinajstić information content (AvgIpc) is 2.79. The van der Waals surface area contributed by atoms with Crippen molar-refractivity contribution in [3.8, 4) is 0 Å². The molecule has 2 nitrogen and oxygen atoms in total. The molecule has 2 N–H and O–H groups in total. The maximum atomic E-state index is 10.6. The van der Waals surface area contributed by atoms with Crippen molar-refractivity contribution in [3.63, 3.8) is 0 Å². The van der Waals surface area contributed by atoms with Crippen LogP contribution in [0.15, 0.2) is 0 Å². The van der Waals surface area contributed by atoms with E-state index in [-0.39, 0.29) is 23.0 Å². The Labute approximate surface area is 142 Å². The Balaban J connectivity index is 1.67. The molecule has 8 unspecified atom stereocenters. The van der Waals surface area contributed by atoms with Crippen molar-refractivity contribution < 1.29 is 10.2 Å². The lowest BCUT2D eigenvalue weighted by molar-refractivity contribution is -0.180. The Bertz CT molecular complexity index is 486. The third-order valence-electron chi connectivity index (χ3n) is 9.53. The van der Waals surface area contributed by atoms with E-state index in [1.807, 2.05) is 0 Å². The van der Waals surface area contributed by atoms with Crippen LogP contribution in [0.25, 0.3) is 0 Å². The number of hydrogen-bond donors (Lipinski definition) is 2. The normalized spacial score (nSPS) is 58.2. The van der Waals surface area contributed by atoms with Gasteiger partial charge in [-0.05, 0) is 91.3 Å². The fourth-order valence-corrected chi connectivity index (χ4v) is 8.06. The van der Waals surface area contributed by atoms with E-state index >= 15 is 0 Å². The van der Waals surface area contributed by atoms with Crippen LogP contribution in [0.2, 0.25) is 0 Å². The van der Waals surface area contributed by atoms with E-state index in [9.17, 15) is 10.2 Å². The summed E-state index contributed by atoms with van der Waals surface area (Å²) in [5.74, 6) is 3.04. The van der Waals surface area contributed by atoms with Crippen LogP contribution >= 0.6 is 0 Å². The van der Waals surface area contributed by atoms with Gasteiger partial charge in [0.1, 0.15) is 0 Å². The summed E-state index contributed by atoms with van der Waals surface area (Å²) in [4.78, 5) is 0. The molecule has 0 radical (unpaired) electrons. The highest BCUT2D eigenvalue weighted by atomic mass is 16.3. The van der Waals surface area contributed by atoms with E-state index in [1.165, 1.54) is 38.5 Å². The van der Waals surface area contributed by atoms with Crippen molar-refractivity contribution in [2.45, 2.75) is 91.3 Å². The van der Waals surface area contributed by atoms with Crippen LogP contribution in [0.4, 0.5) is 0 Å². The fourth-order valence-electron chi connectivity index (χ4n) is 8.06. The first kappa shape index (κ1) is 16.4. The average molecular weight is 321 g/mol. The van der Waals surface area contributed by atoms with Crippen molar-refractivity contribution in [1.29, 1.82) is 0 Å². The molecule has 0 aromatic carbocycles. The number of aliphatic hydroxyl groups is 2. The predicted octanol–water partition coefficient (Wildman–Crippen LogP) is 4.39. The maximum Gasteiger partial charge on any atom is 0.0596 e. The van der Waals surface area contributed by atoms with E-state index in [0.717, 1.165) is 30.6 Å². The molecule has 0 heterocycles. The minimum Gasteiger partial charge on any atom is -0.393 e. The summed E-state index contributed by atoms with van der Waals surface area (Å²) in [7, 11) is 0. The summed E-state index contributed by atoms with van der Waals surface area (Å²) in [5.41, 5.74) is 0.655. The summed E-state index contributed by atoms with van der Waals surface area (Å²) in [6.45, 7) is 9.55. The van der Waals surface area contributed by atoms with Crippen molar-refractivity contribution in [1.82, 2.24) is 0 Å². The number of fused-ring (bicyclic) bond motifs is 5. The minimum absolute atomic E-state index is 0.0634. The lowest BCUT2D eigenvalue weighted by Crippen LogP contribution is -2.59. The van der Waals surface area contributed by atoms with Crippen molar-refractivity contribution >= 4 is 0 Å². The van der Waals surface area contributed by atoms with Gasteiger partial charge >= 0.3 is 0 Å². The van der Waals surface area contributed by atoms with Gasteiger partial charge in [0.2, 0.25) is 0 Å². The molecule has 8 atom stereocenters. The van der Waals surface area contributed by atoms with Gasteiger partial charge in [-0.2, -0.15) is 0 Å². The van der Waals surface area contributed by atoms with E-state index in [4.69, 9.17) is 0 Å². The van der Waals surface area contributed by atoms with Crippen molar-refractivity contribution in [2.75, 3.05) is 0 Å². The number of aliphatic hydroxyl groups excluding tert-OH is 2. The highest BCUT2D eigenvalue weighted by Crippen LogP contribution is 2.68. The topological polar surface area (TPSA) is 40.5 Å². The first-order valence-corrected chi connectivity index (χ1v) is 10.1. The zero-order chi connectivity index (χ0) is 16.6. The van der Waals surface area contributed by atoms with Crippen LogP contribution < -0.4 is 0 Å². The van der Waals surface area contributed by atoms with Gasteiger partial charge in [-0.1, -0.05) is 27.7 Å². The molecule has 4 fully saturated rings. The largest absolute Gasteiger partial charge is 0.393 e. The minimum atomic E-state index is -0.126. The molecule has 23 heavy (non-hydrogen) atoms. The molecule has 2 heteroatoms. The molecule has 0 spiro atoms. The van der Waals surface area contributed by atoms with Crippen molar-refractivity contribution in [3.05, 3.63) is 0 Å². The Hall–Kier alpha value is -0.0800. The summed E-state index contributed by atoms with van der Waals surface area (Å²) >= 11 is 0. The quantitative estimate of drug-likeness (QED) is 0.695. The van der Waals surface area contributed by atoms with Crippen LogP contribution in [-0.4, -0.2) is 22.4 Å². The van der Waals surface area contributed by atoms with Gasteiger partial charge in [0.25, 0.3) is 0 Å². The highest BCUT2D eigenvalue weighted by Gasteiger charge is 2.62. The summed E-state index contributed by atoms with van der Waals surface area (Å²) in [5, 5.41) is 21.1. The monoisotopic (exact) mass is 320 g/mol. The van der Waals surface area contributed by atoms with E-state index in [0.29, 0.717) is 11.3 Å². The molecule has 0 aromatic rings. The molecule has 4 aliphatic rings. The van der Waals surface area contributed by atoms with Crippen molar-refractivity contribution in [2.24, 2.45) is 39.9 Å². The van der Waals surface area contributed by atoms with Gasteiger partial charge in [0, 0.05) is 0 Å². The Kier molecular flexibility index (Phi) is 3.54. The third-order valence-corrected chi connectivity index (χ3v) is 9.53. The summed E-state index contributed by atoms with van der Waals surface area (Å²) in [6.07, 6.45) is 9.38. The molecular formula is C21H36O2. The van der Waals surface area contributed by atoms with Crippen LogP contribution in [0.1, 0.15) is 79.1 Å². The molecular weight excluding hydrogens is 284 g/mol. The molecule has 0 saturated heterocycles. The molecule has 0 aliphatic heterocycles. The molecule has 4 saturated carbocycles. The first-order chi connectivity index (χ1) is 10.7. The molecule has 0 aromatic heterocycles. The van der Waals surface area contributed by atoms with Gasteiger partial charge in [-0.3, -0.25) is 0 Å². The predicted molar refractivity (Wildman–Crippen MR) is 92.9 cm³/mol. The maximum absolute atomic E-state index is 10.6. The third kappa shape index (κ3) is 2.00. The SMILES string of the molecule is CC1(C)C(O)CCC2(C)C3CCC4(C)C(O)CCC4C3CCC12. The van der Waals surface area contributed by atoms with Gasteiger partial charge in [0.15, 0.2) is 0 Å². The van der Waals surface area contributed by atoms with E-state index in [1.54, 1.807) is 0 Å². The zero-order valence-electron chi connectivity index (χ0n) is 15.5. The summed E-state index contributed by atoms with van der Waals surface area (Å²) < 4.78 is 0. The first-order valence-electron chi connectivity index (χ1n) is 10.1. The second-order valence-electron chi connectivity index (χ2n) is 10.5. The van der Waals surface area contributed by atoms with Crippen LogP contribution in [0, 0.1) is 39.9 Å². The Morgan fingerprint density at radius 2 is 1.30 bits per heavy atom. The van der Waals surface area contributed by atoms with Gasteiger partial charge in [-0.25, -0.2) is 0 Å². The highest BCUT2D eigenvalue weighted by molar-refractivity contribution is 5.12. The molecule has 0 bridgehead atoms. The second kappa shape index (κ2) is 4.97. The molecule has 132 valence electrons. The lowest BCUT2D eigenvalue weighted by atomic mass is 9.41. The Morgan fingerprint density at radius 1 is 0.652 bits per heavy atom. The van der Waals surface area contributed by atoms with Crippen LogP contribution in [0.5, 0.6) is 0 Å². The van der Waals surface area contributed by atoms with Crippen LogP contribution in [-0.2, 0) is 0 Å². The van der Waals surface area contributed by atoms with Crippen LogP contribution in [0.3, 0.4) is 0 Å². The Morgan fingerprint density at radius 3 is 2.04 bits per heavy atom. The zero-order valence-corrected chi connectivity index (χ0v) is 15.5. The molecule has 0 amide bonds. The standard InChI is InChI=1S/C21H36O2/c1-19(2)16-7-5-13-14-6-8-18(23)21(14,4)11-9-15(13)20(16,3)12-10-17(19)22/h13-18,22-23H,5-12H2,1-4H3. The van der Waals surface area contributed by atoms with E-state index < -0.39 is 0 Å². The van der Waals surface area contributed by atoms with Gasteiger partial charge < -0.3 is 10.2 Å². The van der Waals surface area contributed by atoms with Gasteiger partial charge in [0.05, 0.1) is 12.2 Å². The second-order valence-corrected chi connectivity index (χ2v) is 10.5. The van der Waals surface area contributed by atoms with E-state index in [2.05, 4.69) is 27.7 Å². The summed E-state index contributed by atoms with van der Waals surface area (Å²) in [6, 6.07) is 0. The molecule has 4 rings (SSSR count). The fraction of sp³-hybridized carbons (Fsp3) is 1.00. The number of hydrogen-bond acceptors (Lipinski definition) is 2. The smallest absolute Gasteiger partial charge is 0.0596 e. The van der Waals surface area contributed by atoms with Gasteiger partial charge in [-0.15, -0.1) is 0 Å².